The van der Waals surface area contributed by atoms with Crippen molar-refractivity contribution in [2.24, 2.45) is 0 Å². The van der Waals surface area contributed by atoms with Gasteiger partial charge in [-0.05, 0) is 58.8 Å². The van der Waals surface area contributed by atoms with E-state index in [0.717, 1.165) is 22.3 Å². The zero-order chi connectivity index (χ0) is 27.6. The van der Waals surface area contributed by atoms with Gasteiger partial charge in [0.1, 0.15) is 0 Å². The van der Waals surface area contributed by atoms with Gasteiger partial charge in [-0.2, -0.15) is 0 Å². The SMILES string of the molecule is c1ccc(-n2c3ccncc3c3c(-c4cccc5c6ccccc6n(-c6ccc7ccccc7c6)c45)cccc32)cc1. The van der Waals surface area contributed by atoms with Gasteiger partial charge in [-0.15, -0.1) is 0 Å². The zero-order valence-corrected chi connectivity index (χ0v) is 22.8. The Morgan fingerprint density at radius 1 is 0.429 bits per heavy atom. The standard InChI is InChI=1S/C39H25N3/c1-2-12-28(13-3-1)41-36-22-23-40-25-34(36)38-31(15-9-19-37(38)41)33-17-8-16-32-30-14-6-7-18-35(30)42(39(32)33)29-21-20-26-10-4-5-11-27(26)24-29/h1-25H. The van der Waals surface area contributed by atoms with Gasteiger partial charge in [0.25, 0.3) is 0 Å². The minimum absolute atomic E-state index is 1.14. The third-order valence-corrected chi connectivity index (χ3v) is 8.58. The number of benzene rings is 6. The first-order valence-electron chi connectivity index (χ1n) is 14.3. The second-order valence-corrected chi connectivity index (χ2v) is 10.8. The van der Waals surface area contributed by atoms with E-state index < -0.39 is 0 Å². The highest BCUT2D eigenvalue weighted by molar-refractivity contribution is 6.20. The van der Waals surface area contributed by atoms with Gasteiger partial charge < -0.3 is 9.13 Å². The topological polar surface area (TPSA) is 22.8 Å². The van der Waals surface area contributed by atoms with E-state index in [-0.39, 0.29) is 0 Å². The summed E-state index contributed by atoms with van der Waals surface area (Å²) in [6, 6.07) is 50.3. The number of hydrogen-bond acceptors (Lipinski definition) is 1. The van der Waals surface area contributed by atoms with Crippen LogP contribution in [-0.2, 0) is 0 Å². The van der Waals surface area contributed by atoms with Gasteiger partial charge in [0.2, 0.25) is 0 Å². The summed E-state index contributed by atoms with van der Waals surface area (Å²) >= 11 is 0. The van der Waals surface area contributed by atoms with Crippen molar-refractivity contribution in [3.63, 3.8) is 0 Å². The molecule has 42 heavy (non-hydrogen) atoms. The molecule has 6 aromatic carbocycles. The van der Waals surface area contributed by atoms with Gasteiger partial charge in [-0.25, -0.2) is 0 Å². The Hall–Kier alpha value is -5.67. The molecule has 3 heteroatoms. The fourth-order valence-electron chi connectivity index (χ4n) is 6.81. The molecule has 0 N–H and O–H groups in total. The van der Waals surface area contributed by atoms with E-state index in [1.165, 1.54) is 54.6 Å². The van der Waals surface area contributed by atoms with Crippen molar-refractivity contribution in [1.82, 2.24) is 14.1 Å². The Morgan fingerprint density at radius 2 is 1.14 bits per heavy atom. The number of pyridine rings is 1. The van der Waals surface area contributed by atoms with Crippen molar-refractivity contribution >= 4 is 54.4 Å². The van der Waals surface area contributed by atoms with Gasteiger partial charge in [0, 0.05) is 50.9 Å². The van der Waals surface area contributed by atoms with Gasteiger partial charge in [-0.3, -0.25) is 4.98 Å². The summed E-state index contributed by atoms with van der Waals surface area (Å²) in [6.07, 6.45) is 3.90. The lowest BCUT2D eigenvalue weighted by Crippen LogP contribution is -1.96. The number of para-hydroxylation sites is 3. The first-order chi connectivity index (χ1) is 20.9. The minimum Gasteiger partial charge on any atom is -0.309 e. The van der Waals surface area contributed by atoms with E-state index in [4.69, 9.17) is 0 Å². The third-order valence-electron chi connectivity index (χ3n) is 8.58. The van der Waals surface area contributed by atoms with E-state index in [9.17, 15) is 0 Å². The molecule has 3 heterocycles. The fourth-order valence-corrected chi connectivity index (χ4v) is 6.81. The quantitative estimate of drug-likeness (QED) is 0.221. The van der Waals surface area contributed by atoms with E-state index in [1.807, 2.05) is 12.4 Å². The number of aromatic nitrogens is 3. The van der Waals surface area contributed by atoms with Crippen molar-refractivity contribution in [3.8, 4) is 22.5 Å². The molecule has 3 nitrogen and oxygen atoms in total. The van der Waals surface area contributed by atoms with Crippen molar-refractivity contribution in [1.29, 1.82) is 0 Å². The third kappa shape index (κ3) is 3.25. The maximum atomic E-state index is 4.58. The molecule has 0 aliphatic heterocycles. The van der Waals surface area contributed by atoms with Gasteiger partial charge in [0.05, 0.1) is 22.1 Å². The highest BCUT2D eigenvalue weighted by Crippen LogP contribution is 2.43. The van der Waals surface area contributed by atoms with Crippen molar-refractivity contribution < 1.29 is 0 Å². The van der Waals surface area contributed by atoms with Crippen LogP contribution in [0.5, 0.6) is 0 Å². The summed E-state index contributed by atoms with van der Waals surface area (Å²) < 4.78 is 4.80. The van der Waals surface area contributed by atoms with Crippen LogP contribution < -0.4 is 0 Å². The van der Waals surface area contributed by atoms with Crippen LogP contribution in [0.2, 0.25) is 0 Å². The van der Waals surface area contributed by atoms with E-state index >= 15 is 0 Å². The van der Waals surface area contributed by atoms with Crippen molar-refractivity contribution in [2.45, 2.75) is 0 Å². The lowest BCUT2D eigenvalue weighted by molar-refractivity contribution is 1.17. The van der Waals surface area contributed by atoms with E-state index in [2.05, 4.69) is 154 Å². The Balaban J connectivity index is 1.43. The molecule has 0 fully saturated rings. The van der Waals surface area contributed by atoms with E-state index in [0.29, 0.717) is 0 Å². The van der Waals surface area contributed by atoms with Crippen LogP contribution >= 0.6 is 0 Å². The summed E-state index contributed by atoms with van der Waals surface area (Å²) in [5, 5.41) is 7.34. The Bertz CT molecular complexity index is 2460. The molecule has 0 unspecified atom stereocenters. The molecule has 0 radical (unpaired) electrons. The molecule has 0 bridgehead atoms. The van der Waals surface area contributed by atoms with Crippen LogP contribution in [-0.4, -0.2) is 14.1 Å². The van der Waals surface area contributed by atoms with Gasteiger partial charge >= 0.3 is 0 Å². The van der Waals surface area contributed by atoms with Crippen LogP contribution in [0.1, 0.15) is 0 Å². The molecule has 3 aromatic heterocycles. The number of hydrogen-bond donors (Lipinski definition) is 0. The van der Waals surface area contributed by atoms with Crippen LogP contribution in [0.4, 0.5) is 0 Å². The van der Waals surface area contributed by atoms with Crippen LogP contribution in [0.3, 0.4) is 0 Å². The summed E-state index contributed by atoms with van der Waals surface area (Å²) in [4.78, 5) is 4.58. The zero-order valence-electron chi connectivity index (χ0n) is 22.8. The van der Waals surface area contributed by atoms with Crippen LogP contribution in [0.25, 0.3) is 76.9 Å². The monoisotopic (exact) mass is 535 g/mol. The molecule has 9 aromatic rings. The molecule has 9 rings (SSSR count). The Labute approximate surface area is 242 Å². The Morgan fingerprint density at radius 3 is 2.07 bits per heavy atom. The Kier molecular flexibility index (Phi) is 4.90. The molecule has 0 aliphatic carbocycles. The molecular weight excluding hydrogens is 510 g/mol. The van der Waals surface area contributed by atoms with Crippen LogP contribution in [0, 0.1) is 0 Å². The smallest absolute Gasteiger partial charge is 0.0619 e. The van der Waals surface area contributed by atoms with Gasteiger partial charge in [-0.1, -0.05) is 97.1 Å². The molecule has 0 saturated carbocycles. The van der Waals surface area contributed by atoms with E-state index in [1.54, 1.807) is 0 Å². The molecule has 196 valence electrons. The molecule has 0 atom stereocenters. The normalized spacial score (nSPS) is 11.8. The molecular formula is C39H25N3. The fraction of sp³-hybridized carbons (Fsp3) is 0. The predicted octanol–water partition coefficient (Wildman–Crippen LogP) is 10.1. The number of rotatable bonds is 3. The second-order valence-electron chi connectivity index (χ2n) is 10.8. The summed E-state index contributed by atoms with van der Waals surface area (Å²) in [5.74, 6) is 0. The summed E-state index contributed by atoms with van der Waals surface area (Å²) in [7, 11) is 0. The highest BCUT2D eigenvalue weighted by atomic mass is 15.0. The first kappa shape index (κ1) is 23.1. The number of fused-ring (bicyclic) bond motifs is 7. The molecule has 0 saturated heterocycles. The maximum absolute atomic E-state index is 4.58. The van der Waals surface area contributed by atoms with Crippen LogP contribution in [0.15, 0.2) is 152 Å². The second kappa shape index (κ2) is 8.92. The number of nitrogens with zero attached hydrogens (tertiary/aromatic N) is 3. The lowest BCUT2D eigenvalue weighted by atomic mass is 9.97. The average Bonchev–Trinajstić information content (AvgIpc) is 3.58. The summed E-state index contributed by atoms with van der Waals surface area (Å²) in [6.45, 7) is 0. The predicted molar refractivity (Wildman–Crippen MR) is 176 cm³/mol. The van der Waals surface area contributed by atoms with Crippen molar-refractivity contribution in [3.05, 3.63) is 152 Å². The lowest BCUT2D eigenvalue weighted by Gasteiger charge is -2.14. The molecule has 0 amide bonds. The largest absolute Gasteiger partial charge is 0.309 e. The molecule has 0 spiro atoms. The maximum Gasteiger partial charge on any atom is 0.0619 e. The van der Waals surface area contributed by atoms with Gasteiger partial charge in [0.15, 0.2) is 0 Å². The minimum atomic E-state index is 1.14. The average molecular weight is 536 g/mol. The summed E-state index contributed by atoms with van der Waals surface area (Å²) in [5.41, 5.74) is 9.46. The highest BCUT2D eigenvalue weighted by Gasteiger charge is 2.21. The molecule has 0 aliphatic rings. The first-order valence-corrected chi connectivity index (χ1v) is 14.3. The van der Waals surface area contributed by atoms with Crippen molar-refractivity contribution in [2.75, 3.05) is 0 Å².